The second-order valence-corrected chi connectivity index (χ2v) is 6.28. The molecule has 3 N–H and O–H groups in total. The highest BCUT2D eigenvalue weighted by atomic mass is 16.2. The maximum absolute atomic E-state index is 12.2. The molecule has 0 saturated carbocycles. The van der Waals surface area contributed by atoms with E-state index in [1.807, 2.05) is 49.4 Å². The average Bonchev–Trinajstić information content (AvgIpc) is 2.67. The zero-order valence-electron chi connectivity index (χ0n) is 15.5. The Morgan fingerprint density at radius 3 is 2.31 bits per heavy atom. The second-order valence-electron chi connectivity index (χ2n) is 6.28. The highest BCUT2D eigenvalue weighted by Crippen LogP contribution is 2.14. The van der Waals surface area contributed by atoms with Gasteiger partial charge in [0.15, 0.2) is 6.54 Å². The fraction of sp³-hybridized carbons (Fsp3) is 0.333. The number of rotatable bonds is 9. The molecule has 2 aromatic carbocycles. The number of carbonyl (C=O) groups is 2. The first-order valence-corrected chi connectivity index (χ1v) is 9.14. The van der Waals surface area contributed by atoms with E-state index in [-0.39, 0.29) is 18.4 Å². The van der Waals surface area contributed by atoms with Crippen LogP contribution >= 0.6 is 0 Å². The van der Waals surface area contributed by atoms with Crippen LogP contribution in [0, 0.1) is 0 Å². The molecule has 1 unspecified atom stereocenters. The van der Waals surface area contributed by atoms with Gasteiger partial charge in [0.2, 0.25) is 5.91 Å². The molecule has 0 aliphatic rings. The van der Waals surface area contributed by atoms with Crippen molar-refractivity contribution >= 4 is 17.5 Å². The molecule has 0 aliphatic heterocycles. The van der Waals surface area contributed by atoms with Crippen LogP contribution in [0.25, 0.3) is 0 Å². The number of nitrogens with one attached hydrogen (secondary N) is 3. The quantitative estimate of drug-likeness (QED) is 0.638. The highest BCUT2D eigenvalue weighted by molar-refractivity contribution is 5.95. The summed E-state index contributed by atoms with van der Waals surface area (Å²) < 4.78 is 0. The Labute approximate surface area is 155 Å². The molecule has 0 spiro atoms. The van der Waals surface area contributed by atoms with Gasteiger partial charge < -0.3 is 15.5 Å². The van der Waals surface area contributed by atoms with Crippen molar-refractivity contribution in [2.24, 2.45) is 0 Å². The van der Waals surface area contributed by atoms with Gasteiger partial charge in [0, 0.05) is 11.3 Å². The number of quaternary nitrogens is 1. The normalized spacial score (nSPS) is 11.6. The molecule has 0 heterocycles. The van der Waals surface area contributed by atoms with Gasteiger partial charge in [-0.3, -0.25) is 9.59 Å². The number of aryl methyl sites for hydroxylation is 1. The van der Waals surface area contributed by atoms with Crippen molar-refractivity contribution in [1.82, 2.24) is 5.32 Å². The monoisotopic (exact) mass is 354 g/mol. The molecule has 26 heavy (non-hydrogen) atoms. The molecule has 0 bridgehead atoms. The van der Waals surface area contributed by atoms with E-state index < -0.39 is 0 Å². The summed E-state index contributed by atoms with van der Waals surface area (Å²) in [5.74, 6) is -0.322. The molecule has 5 heteroatoms. The molecule has 2 aromatic rings. The first-order valence-electron chi connectivity index (χ1n) is 9.14. The van der Waals surface area contributed by atoms with E-state index in [0.29, 0.717) is 6.54 Å². The SMILES string of the molecule is CCc1ccccc1NC(=O)CNC(=O)C[NH+](CC)Cc1ccccc1. The van der Waals surface area contributed by atoms with E-state index in [1.54, 1.807) is 0 Å². The summed E-state index contributed by atoms with van der Waals surface area (Å²) in [7, 11) is 0. The van der Waals surface area contributed by atoms with Crippen LogP contribution in [0.4, 0.5) is 5.69 Å². The van der Waals surface area contributed by atoms with E-state index in [2.05, 4.69) is 29.7 Å². The van der Waals surface area contributed by atoms with Crippen molar-refractivity contribution in [2.75, 3.05) is 25.0 Å². The molecule has 0 radical (unpaired) electrons. The maximum Gasteiger partial charge on any atom is 0.275 e. The third-order valence-corrected chi connectivity index (χ3v) is 4.33. The fourth-order valence-electron chi connectivity index (χ4n) is 2.81. The second kappa shape index (κ2) is 10.4. The van der Waals surface area contributed by atoms with Crippen LogP contribution < -0.4 is 15.5 Å². The molecular formula is C21H28N3O2+. The summed E-state index contributed by atoms with van der Waals surface area (Å²) in [4.78, 5) is 25.4. The zero-order valence-corrected chi connectivity index (χ0v) is 15.5. The Bertz CT molecular complexity index is 716. The van der Waals surface area contributed by atoms with Crippen molar-refractivity contribution < 1.29 is 14.5 Å². The number of amides is 2. The van der Waals surface area contributed by atoms with Crippen LogP contribution in [-0.4, -0.2) is 31.4 Å². The van der Waals surface area contributed by atoms with Crippen LogP contribution in [-0.2, 0) is 22.6 Å². The lowest BCUT2D eigenvalue weighted by Gasteiger charge is -2.17. The molecule has 2 rings (SSSR count). The van der Waals surface area contributed by atoms with Crippen LogP contribution in [0.1, 0.15) is 25.0 Å². The van der Waals surface area contributed by atoms with Gasteiger partial charge in [-0.1, -0.05) is 55.5 Å². The third kappa shape index (κ3) is 6.33. The molecule has 2 amide bonds. The van der Waals surface area contributed by atoms with Gasteiger partial charge in [0.1, 0.15) is 6.54 Å². The molecule has 0 aromatic heterocycles. The van der Waals surface area contributed by atoms with E-state index in [1.165, 1.54) is 5.56 Å². The van der Waals surface area contributed by atoms with Gasteiger partial charge in [0.25, 0.3) is 5.91 Å². The van der Waals surface area contributed by atoms with Crippen LogP contribution in [0.3, 0.4) is 0 Å². The number of para-hydroxylation sites is 1. The number of anilines is 1. The minimum atomic E-state index is -0.208. The maximum atomic E-state index is 12.2. The van der Waals surface area contributed by atoms with Crippen molar-refractivity contribution in [3.8, 4) is 0 Å². The molecule has 1 atom stereocenters. The summed E-state index contributed by atoms with van der Waals surface area (Å²) in [6, 6.07) is 17.8. The van der Waals surface area contributed by atoms with Crippen LogP contribution in [0.15, 0.2) is 54.6 Å². The van der Waals surface area contributed by atoms with Crippen molar-refractivity contribution in [2.45, 2.75) is 26.8 Å². The van der Waals surface area contributed by atoms with Crippen molar-refractivity contribution in [3.63, 3.8) is 0 Å². The van der Waals surface area contributed by atoms with E-state index >= 15 is 0 Å². The molecule has 0 saturated heterocycles. The molecule has 5 nitrogen and oxygen atoms in total. The van der Waals surface area contributed by atoms with E-state index in [0.717, 1.165) is 35.7 Å². The predicted molar refractivity (Wildman–Crippen MR) is 104 cm³/mol. The van der Waals surface area contributed by atoms with Gasteiger partial charge in [0.05, 0.1) is 13.1 Å². The molecular weight excluding hydrogens is 326 g/mol. The smallest absolute Gasteiger partial charge is 0.275 e. The summed E-state index contributed by atoms with van der Waals surface area (Å²) in [6.07, 6.45) is 0.844. The summed E-state index contributed by atoms with van der Waals surface area (Å²) in [6.45, 7) is 6.07. The van der Waals surface area contributed by atoms with Crippen LogP contribution in [0.2, 0.25) is 0 Å². The highest BCUT2D eigenvalue weighted by Gasteiger charge is 2.14. The molecule has 0 fully saturated rings. The van der Waals surface area contributed by atoms with Gasteiger partial charge >= 0.3 is 0 Å². The first-order chi connectivity index (χ1) is 12.6. The Kier molecular flexibility index (Phi) is 7.83. The lowest BCUT2D eigenvalue weighted by molar-refractivity contribution is -0.904. The Balaban J connectivity index is 1.79. The van der Waals surface area contributed by atoms with Gasteiger partial charge in [-0.25, -0.2) is 0 Å². The van der Waals surface area contributed by atoms with Crippen molar-refractivity contribution in [1.29, 1.82) is 0 Å². The van der Waals surface area contributed by atoms with E-state index in [9.17, 15) is 9.59 Å². The summed E-state index contributed by atoms with van der Waals surface area (Å²) in [5.41, 5.74) is 3.09. The fourth-order valence-corrected chi connectivity index (χ4v) is 2.81. The van der Waals surface area contributed by atoms with Crippen LogP contribution in [0.5, 0.6) is 0 Å². The zero-order chi connectivity index (χ0) is 18.8. The largest absolute Gasteiger partial charge is 0.342 e. The topological polar surface area (TPSA) is 62.6 Å². The van der Waals surface area contributed by atoms with Gasteiger partial charge in [-0.05, 0) is 25.0 Å². The van der Waals surface area contributed by atoms with Crippen molar-refractivity contribution in [3.05, 3.63) is 65.7 Å². The Morgan fingerprint density at radius 2 is 1.62 bits per heavy atom. The number of carbonyl (C=O) groups excluding carboxylic acids is 2. The predicted octanol–water partition coefficient (Wildman–Crippen LogP) is 1.41. The Morgan fingerprint density at radius 1 is 0.923 bits per heavy atom. The van der Waals surface area contributed by atoms with E-state index in [4.69, 9.17) is 0 Å². The molecule has 0 aliphatic carbocycles. The lowest BCUT2D eigenvalue weighted by atomic mass is 10.1. The molecule has 138 valence electrons. The number of hydrogen-bond acceptors (Lipinski definition) is 2. The summed E-state index contributed by atoms with van der Waals surface area (Å²) >= 11 is 0. The minimum absolute atomic E-state index is 0.0147. The van der Waals surface area contributed by atoms with Gasteiger partial charge in [-0.15, -0.1) is 0 Å². The Hall–Kier alpha value is -2.66. The standard InChI is InChI=1S/C21H27N3O2/c1-3-18-12-8-9-13-19(18)23-20(25)14-22-21(26)16-24(4-2)15-17-10-6-5-7-11-17/h5-13H,3-4,14-16H2,1-2H3,(H,22,26)(H,23,25)/p+1. The number of likely N-dealkylation sites (N-methyl/N-ethyl adjacent to an activating group) is 1. The third-order valence-electron chi connectivity index (χ3n) is 4.33. The number of hydrogen-bond donors (Lipinski definition) is 3. The van der Waals surface area contributed by atoms with Gasteiger partial charge in [-0.2, -0.15) is 0 Å². The minimum Gasteiger partial charge on any atom is -0.342 e. The first kappa shape index (κ1) is 19.7. The lowest BCUT2D eigenvalue weighted by Crippen LogP contribution is -3.11. The average molecular weight is 354 g/mol. The number of benzene rings is 2. The summed E-state index contributed by atoms with van der Waals surface area (Å²) in [5, 5.41) is 5.58.